The molecule has 6 nitrogen and oxygen atoms in total. The topological polar surface area (TPSA) is 108 Å². The molecule has 0 radical (unpaired) electrons. The van der Waals surface area contributed by atoms with Gasteiger partial charge >= 0.3 is 0 Å². The summed E-state index contributed by atoms with van der Waals surface area (Å²) in [5.41, 5.74) is 5.55. The van der Waals surface area contributed by atoms with Crippen molar-refractivity contribution in [3.8, 4) is 5.75 Å². The largest absolute Gasteiger partial charge is 0.508 e. The highest BCUT2D eigenvalue weighted by Gasteiger charge is 2.14. The maximum absolute atomic E-state index is 11.8. The maximum Gasteiger partial charge on any atom is 0.252 e. The first-order valence-electron chi connectivity index (χ1n) is 5.19. The van der Waals surface area contributed by atoms with Crippen LogP contribution in [0.4, 0.5) is 0 Å². The van der Waals surface area contributed by atoms with Gasteiger partial charge in [-0.1, -0.05) is 23.7 Å². The fourth-order valence-electron chi connectivity index (χ4n) is 1.23. The second-order valence-electron chi connectivity index (χ2n) is 3.80. The van der Waals surface area contributed by atoms with Gasteiger partial charge < -0.3 is 21.4 Å². The van der Waals surface area contributed by atoms with Crippen LogP contribution < -0.4 is 11.1 Å². The fourth-order valence-corrected chi connectivity index (χ4v) is 1.43. The van der Waals surface area contributed by atoms with Crippen LogP contribution in [0.3, 0.4) is 0 Å². The van der Waals surface area contributed by atoms with Gasteiger partial charge in [-0.3, -0.25) is 4.79 Å². The minimum atomic E-state index is -0.437. The number of carbonyl (C=O) groups is 1. The van der Waals surface area contributed by atoms with Gasteiger partial charge in [0.15, 0.2) is 0 Å². The van der Waals surface area contributed by atoms with Crippen molar-refractivity contribution in [2.24, 2.45) is 16.8 Å². The molecule has 0 aromatic heterocycles. The van der Waals surface area contributed by atoms with E-state index in [1.54, 1.807) is 6.92 Å². The second-order valence-corrected chi connectivity index (χ2v) is 4.21. The Morgan fingerprint density at radius 2 is 2.28 bits per heavy atom. The number of aromatic hydroxyl groups is 1. The van der Waals surface area contributed by atoms with Crippen molar-refractivity contribution < 1.29 is 15.1 Å². The lowest BCUT2D eigenvalue weighted by atomic mass is 10.1. The van der Waals surface area contributed by atoms with E-state index in [1.807, 2.05) is 0 Å². The first-order chi connectivity index (χ1) is 8.45. The number of nitrogens with two attached hydrogens (primary N) is 1. The molecule has 0 aliphatic carbocycles. The van der Waals surface area contributed by atoms with E-state index in [0.717, 1.165) is 0 Å². The van der Waals surface area contributed by atoms with Crippen LogP contribution in [0, 0.1) is 5.92 Å². The number of halogens is 1. The summed E-state index contributed by atoms with van der Waals surface area (Å²) in [4.78, 5) is 11.8. The predicted octanol–water partition coefficient (Wildman–Crippen LogP) is 1.16. The maximum atomic E-state index is 11.8. The molecule has 5 N–H and O–H groups in total. The average molecular weight is 272 g/mol. The summed E-state index contributed by atoms with van der Waals surface area (Å²) in [7, 11) is 0. The van der Waals surface area contributed by atoms with Gasteiger partial charge in [-0.05, 0) is 18.2 Å². The molecule has 0 heterocycles. The highest BCUT2D eigenvalue weighted by molar-refractivity contribution is 6.33. The van der Waals surface area contributed by atoms with Gasteiger partial charge in [-0.25, -0.2) is 0 Å². The van der Waals surface area contributed by atoms with Crippen molar-refractivity contribution in [1.29, 1.82) is 0 Å². The van der Waals surface area contributed by atoms with Gasteiger partial charge in [0.05, 0.1) is 10.6 Å². The van der Waals surface area contributed by atoms with Crippen LogP contribution in [0.1, 0.15) is 17.3 Å². The number of rotatable bonds is 4. The lowest BCUT2D eigenvalue weighted by Crippen LogP contribution is -2.34. The Morgan fingerprint density at radius 3 is 2.89 bits per heavy atom. The molecule has 18 heavy (non-hydrogen) atoms. The molecule has 0 saturated heterocycles. The van der Waals surface area contributed by atoms with E-state index in [-0.39, 0.29) is 34.6 Å². The molecule has 0 aliphatic rings. The van der Waals surface area contributed by atoms with E-state index >= 15 is 0 Å². The Morgan fingerprint density at radius 1 is 1.61 bits per heavy atom. The molecule has 0 aliphatic heterocycles. The number of hydrogen-bond donors (Lipinski definition) is 4. The Hall–Kier alpha value is -1.95. The minimum absolute atomic E-state index is 0.0253. The molecule has 1 aromatic rings. The molecule has 0 fully saturated rings. The highest BCUT2D eigenvalue weighted by atomic mass is 35.5. The van der Waals surface area contributed by atoms with Crippen molar-refractivity contribution in [3.63, 3.8) is 0 Å². The van der Waals surface area contributed by atoms with E-state index in [0.29, 0.717) is 0 Å². The van der Waals surface area contributed by atoms with E-state index in [4.69, 9.17) is 22.5 Å². The Bertz CT molecular complexity index is 477. The number of amidine groups is 1. The van der Waals surface area contributed by atoms with Crippen molar-refractivity contribution in [2.75, 3.05) is 6.54 Å². The molecule has 7 heteroatoms. The lowest BCUT2D eigenvalue weighted by molar-refractivity contribution is 0.0951. The third-order valence-corrected chi connectivity index (χ3v) is 2.71. The third kappa shape index (κ3) is 3.53. The number of oxime groups is 1. The molecule has 1 aromatic carbocycles. The molecule has 1 unspecified atom stereocenters. The summed E-state index contributed by atoms with van der Waals surface area (Å²) in [6.45, 7) is 1.89. The van der Waals surface area contributed by atoms with Crippen LogP contribution in [0.2, 0.25) is 5.02 Å². The number of nitrogens with zero attached hydrogens (tertiary/aromatic N) is 1. The zero-order chi connectivity index (χ0) is 13.7. The first kappa shape index (κ1) is 14.1. The molecule has 0 saturated carbocycles. The summed E-state index contributed by atoms with van der Waals surface area (Å²) >= 11 is 5.84. The quantitative estimate of drug-likeness (QED) is 0.285. The van der Waals surface area contributed by atoms with Gasteiger partial charge in [0, 0.05) is 12.5 Å². The Balaban J connectivity index is 2.69. The van der Waals surface area contributed by atoms with E-state index in [9.17, 15) is 9.90 Å². The van der Waals surface area contributed by atoms with Gasteiger partial charge in [-0.15, -0.1) is 0 Å². The zero-order valence-electron chi connectivity index (χ0n) is 9.72. The van der Waals surface area contributed by atoms with Gasteiger partial charge in [0.2, 0.25) is 0 Å². The van der Waals surface area contributed by atoms with Crippen molar-refractivity contribution >= 4 is 23.3 Å². The number of carbonyl (C=O) groups excluding carboxylic acids is 1. The highest BCUT2D eigenvalue weighted by Crippen LogP contribution is 2.20. The van der Waals surface area contributed by atoms with E-state index in [1.165, 1.54) is 18.2 Å². The third-order valence-electron chi connectivity index (χ3n) is 2.38. The summed E-state index contributed by atoms with van der Waals surface area (Å²) in [6, 6.07) is 4.09. The van der Waals surface area contributed by atoms with Crippen LogP contribution in [-0.4, -0.2) is 28.6 Å². The number of nitrogens with one attached hydrogen (secondary N) is 1. The minimum Gasteiger partial charge on any atom is -0.508 e. The van der Waals surface area contributed by atoms with Crippen LogP contribution >= 0.6 is 11.6 Å². The summed E-state index contributed by atoms with van der Waals surface area (Å²) in [6.07, 6.45) is 0. The SMILES string of the molecule is CC(CNC(=O)c1cc(O)ccc1Cl)/C(N)=N/O. The standard InChI is InChI=1S/C11H14ClN3O3/c1-6(10(13)15-18)5-14-11(17)8-4-7(16)2-3-9(8)12/h2-4,6,16,18H,5H2,1H3,(H2,13,15)(H,14,17). The molecule has 0 spiro atoms. The molecular formula is C11H14ClN3O3. The summed E-state index contributed by atoms with van der Waals surface area (Å²) in [5.74, 6) is -0.769. The second kappa shape index (κ2) is 6.11. The van der Waals surface area contributed by atoms with E-state index < -0.39 is 5.91 Å². The molecule has 0 bridgehead atoms. The molecule has 1 atom stereocenters. The van der Waals surface area contributed by atoms with E-state index in [2.05, 4.69) is 10.5 Å². The lowest BCUT2D eigenvalue weighted by Gasteiger charge is -2.11. The first-order valence-corrected chi connectivity index (χ1v) is 5.57. The molecular weight excluding hydrogens is 258 g/mol. The van der Waals surface area contributed by atoms with Gasteiger partial charge in [-0.2, -0.15) is 0 Å². The van der Waals surface area contributed by atoms with Crippen molar-refractivity contribution in [3.05, 3.63) is 28.8 Å². The van der Waals surface area contributed by atoms with Crippen LogP contribution in [-0.2, 0) is 0 Å². The zero-order valence-corrected chi connectivity index (χ0v) is 10.5. The summed E-state index contributed by atoms with van der Waals surface area (Å²) < 4.78 is 0. The van der Waals surface area contributed by atoms with Gasteiger partial charge in [0.25, 0.3) is 5.91 Å². The predicted molar refractivity (Wildman–Crippen MR) is 68.0 cm³/mol. The number of benzene rings is 1. The molecule has 98 valence electrons. The fraction of sp³-hybridized carbons (Fsp3) is 0.273. The molecule has 1 amide bonds. The summed E-state index contributed by atoms with van der Waals surface area (Å²) in [5, 5.41) is 23.4. The van der Waals surface area contributed by atoms with Gasteiger partial charge in [0.1, 0.15) is 11.6 Å². The smallest absolute Gasteiger partial charge is 0.252 e. The number of amides is 1. The number of phenolic OH excluding ortho intramolecular Hbond substituents is 1. The number of phenols is 1. The Labute approximate surface area is 109 Å². The van der Waals surface area contributed by atoms with Crippen LogP contribution in [0.5, 0.6) is 5.75 Å². The Kier molecular flexibility index (Phi) is 4.79. The van der Waals surface area contributed by atoms with Crippen LogP contribution in [0.25, 0.3) is 0 Å². The van der Waals surface area contributed by atoms with Crippen molar-refractivity contribution in [1.82, 2.24) is 5.32 Å². The van der Waals surface area contributed by atoms with Crippen LogP contribution in [0.15, 0.2) is 23.4 Å². The van der Waals surface area contributed by atoms with Crippen molar-refractivity contribution in [2.45, 2.75) is 6.92 Å². The monoisotopic (exact) mass is 271 g/mol. The normalized spacial score (nSPS) is 13.1. The number of hydrogen-bond acceptors (Lipinski definition) is 4. The molecule has 1 rings (SSSR count). The average Bonchev–Trinajstić information content (AvgIpc) is 2.37.